The van der Waals surface area contributed by atoms with Crippen LogP contribution in [-0.4, -0.2) is 40.2 Å². The molecule has 0 aliphatic carbocycles. The van der Waals surface area contributed by atoms with Crippen LogP contribution in [0.15, 0.2) is 42.7 Å². The van der Waals surface area contributed by atoms with Crippen molar-refractivity contribution in [1.29, 1.82) is 0 Å². The number of carbonyl (C=O) groups excluding carboxylic acids is 1. The van der Waals surface area contributed by atoms with E-state index in [-0.39, 0.29) is 12.0 Å². The van der Waals surface area contributed by atoms with E-state index in [1.807, 2.05) is 47.6 Å². The smallest absolute Gasteiger partial charge is 0.222 e. The number of hydrogen-bond acceptors (Lipinski definition) is 3. The Balaban J connectivity index is 1.41. The summed E-state index contributed by atoms with van der Waals surface area (Å²) >= 11 is 0. The minimum absolute atomic E-state index is 0.111. The maximum absolute atomic E-state index is 12.2. The fourth-order valence-electron chi connectivity index (χ4n) is 2.76. The van der Waals surface area contributed by atoms with Crippen LogP contribution in [0, 0.1) is 0 Å². The van der Waals surface area contributed by atoms with Crippen molar-refractivity contribution >= 4 is 5.91 Å². The summed E-state index contributed by atoms with van der Waals surface area (Å²) in [5.41, 5.74) is 1.15. The van der Waals surface area contributed by atoms with E-state index in [0.717, 1.165) is 37.1 Å². The predicted octanol–water partition coefficient (Wildman–Crippen LogP) is 2.41. The molecular weight excluding hydrogens is 278 g/mol. The zero-order valence-corrected chi connectivity index (χ0v) is 12.6. The van der Waals surface area contributed by atoms with Crippen LogP contribution < -0.4 is 4.74 Å². The Morgan fingerprint density at radius 3 is 3.00 bits per heavy atom. The number of carbonyl (C=O) groups is 1. The first kappa shape index (κ1) is 14.6. The number of nitrogens with zero attached hydrogens (tertiary/aromatic N) is 2. The van der Waals surface area contributed by atoms with Gasteiger partial charge in [0.05, 0.1) is 12.7 Å². The largest absolute Gasteiger partial charge is 0.489 e. The molecule has 1 unspecified atom stereocenters. The second-order valence-corrected chi connectivity index (χ2v) is 5.64. The van der Waals surface area contributed by atoms with Crippen LogP contribution in [-0.2, 0) is 11.2 Å². The normalized spacial score (nSPS) is 17.6. The number of aryl methyl sites for hydroxylation is 1. The highest BCUT2D eigenvalue weighted by molar-refractivity contribution is 5.76. The molecule has 0 saturated carbocycles. The van der Waals surface area contributed by atoms with Gasteiger partial charge in [-0.1, -0.05) is 18.2 Å². The number of aromatic nitrogens is 2. The Labute approximate surface area is 130 Å². The Morgan fingerprint density at radius 2 is 2.23 bits per heavy atom. The number of benzene rings is 1. The standard InChI is InChI=1S/C17H21N3O2/c21-17(8-4-5-14-11-18-19-12-14)20-10-9-16(13-20)22-15-6-2-1-3-7-15/h1-3,6-7,11-12,16H,4-5,8-10,13H2,(H,18,19). The molecule has 5 nitrogen and oxygen atoms in total. The van der Waals surface area contributed by atoms with Gasteiger partial charge in [0.25, 0.3) is 0 Å². The second-order valence-electron chi connectivity index (χ2n) is 5.64. The number of para-hydroxylation sites is 1. The number of ether oxygens (including phenoxy) is 1. The molecule has 0 radical (unpaired) electrons. The molecule has 1 saturated heterocycles. The van der Waals surface area contributed by atoms with E-state index >= 15 is 0 Å². The van der Waals surface area contributed by atoms with E-state index in [0.29, 0.717) is 13.0 Å². The van der Waals surface area contributed by atoms with E-state index in [1.165, 1.54) is 0 Å². The number of aromatic amines is 1. The van der Waals surface area contributed by atoms with Crippen LogP contribution in [0.5, 0.6) is 5.75 Å². The van der Waals surface area contributed by atoms with Crippen LogP contribution in [0.4, 0.5) is 0 Å². The molecule has 1 atom stereocenters. The monoisotopic (exact) mass is 299 g/mol. The fraction of sp³-hybridized carbons (Fsp3) is 0.412. The van der Waals surface area contributed by atoms with Gasteiger partial charge in [0.1, 0.15) is 11.9 Å². The highest BCUT2D eigenvalue weighted by atomic mass is 16.5. The van der Waals surface area contributed by atoms with Crippen molar-refractivity contribution in [2.45, 2.75) is 31.8 Å². The Bertz CT molecular complexity index is 583. The molecule has 22 heavy (non-hydrogen) atoms. The van der Waals surface area contributed by atoms with Crippen molar-refractivity contribution in [1.82, 2.24) is 15.1 Å². The van der Waals surface area contributed by atoms with E-state index in [4.69, 9.17) is 4.74 Å². The van der Waals surface area contributed by atoms with Crippen LogP contribution in [0.25, 0.3) is 0 Å². The molecule has 3 rings (SSSR count). The van der Waals surface area contributed by atoms with E-state index < -0.39 is 0 Å². The first-order valence-corrected chi connectivity index (χ1v) is 7.78. The van der Waals surface area contributed by atoms with Gasteiger partial charge in [0.15, 0.2) is 0 Å². The third kappa shape index (κ3) is 3.87. The van der Waals surface area contributed by atoms with E-state index in [9.17, 15) is 4.79 Å². The molecule has 1 fully saturated rings. The summed E-state index contributed by atoms with van der Waals surface area (Å²) in [5.74, 6) is 1.10. The van der Waals surface area contributed by atoms with Crippen molar-refractivity contribution in [3.63, 3.8) is 0 Å². The third-order valence-corrected chi connectivity index (χ3v) is 3.95. The summed E-state index contributed by atoms with van der Waals surface area (Å²) in [6, 6.07) is 9.80. The third-order valence-electron chi connectivity index (χ3n) is 3.95. The molecule has 1 aliphatic heterocycles. The van der Waals surface area contributed by atoms with Crippen molar-refractivity contribution in [2.24, 2.45) is 0 Å². The molecule has 1 aliphatic rings. The molecule has 1 amide bonds. The summed E-state index contributed by atoms with van der Waals surface area (Å²) in [6.07, 6.45) is 7.04. The Hall–Kier alpha value is -2.30. The van der Waals surface area contributed by atoms with Crippen molar-refractivity contribution < 1.29 is 9.53 Å². The van der Waals surface area contributed by atoms with Gasteiger partial charge in [0, 0.05) is 25.6 Å². The van der Waals surface area contributed by atoms with Gasteiger partial charge < -0.3 is 9.64 Å². The second kappa shape index (κ2) is 7.11. The highest BCUT2D eigenvalue weighted by Gasteiger charge is 2.27. The molecule has 116 valence electrons. The fourth-order valence-corrected chi connectivity index (χ4v) is 2.76. The summed E-state index contributed by atoms with van der Waals surface area (Å²) in [4.78, 5) is 14.1. The minimum Gasteiger partial charge on any atom is -0.489 e. The van der Waals surface area contributed by atoms with Crippen molar-refractivity contribution in [3.8, 4) is 5.75 Å². The van der Waals surface area contributed by atoms with Gasteiger partial charge >= 0.3 is 0 Å². The van der Waals surface area contributed by atoms with Gasteiger partial charge in [-0.05, 0) is 30.5 Å². The van der Waals surface area contributed by atoms with Crippen LogP contribution in [0.1, 0.15) is 24.8 Å². The van der Waals surface area contributed by atoms with E-state index in [2.05, 4.69) is 10.2 Å². The predicted molar refractivity (Wildman–Crippen MR) is 83.6 cm³/mol. The van der Waals surface area contributed by atoms with Crippen molar-refractivity contribution in [2.75, 3.05) is 13.1 Å². The average Bonchev–Trinajstić information content (AvgIpc) is 3.20. The van der Waals surface area contributed by atoms with Gasteiger partial charge in [-0.3, -0.25) is 9.89 Å². The maximum atomic E-state index is 12.2. The number of amides is 1. The lowest BCUT2D eigenvalue weighted by molar-refractivity contribution is -0.130. The number of hydrogen-bond donors (Lipinski definition) is 1. The Morgan fingerprint density at radius 1 is 1.36 bits per heavy atom. The highest BCUT2D eigenvalue weighted by Crippen LogP contribution is 2.19. The lowest BCUT2D eigenvalue weighted by Crippen LogP contribution is -2.30. The molecule has 2 heterocycles. The number of rotatable bonds is 6. The van der Waals surface area contributed by atoms with Crippen molar-refractivity contribution in [3.05, 3.63) is 48.3 Å². The van der Waals surface area contributed by atoms with Crippen LogP contribution in [0.2, 0.25) is 0 Å². The quantitative estimate of drug-likeness (QED) is 0.891. The molecule has 2 aromatic rings. The molecule has 1 N–H and O–H groups in total. The van der Waals surface area contributed by atoms with Gasteiger partial charge in [-0.2, -0.15) is 5.10 Å². The van der Waals surface area contributed by atoms with Crippen LogP contribution in [0.3, 0.4) is 0 Å². The molecular formula is C17H21N3O2. The molecule has 1 aromatic carbocycles. The van der Waals surface area contributed by atoms with Gasteiger partial charge in [-0.15, -0.1) is 0 Å². The average molecular weight is 299 g/mol. The lowest BCUT2D eigenvalue weighted by atomic mass is 10.1. The number of nitrogens with one attached hydrogen (secondary N) is 1. The summed E-state index contributed by atoms with van der Waals surface area (Å²) in [7, 11) is 0. The topological polar surface area (TPSA) is 58.2 Å². The first-order valence-electron chi connectivity index (χ1n) is 7.78. The number of H-pyrrole nitrogens is 1. The number of likely N-dealkylation sites (tertiary alicyclic amines) is 1. The molecule has 1 aromatic heterocycles. The maximum Gasteiger partial charge on any atom is 0.222 e. The summed E-state index contributed by atoms with van der Waals surface area (Å²) in [6.45, 7) is 1.49. The zero-order chi connectivity index (χ0) is 15.2. The molecule has 5 heteroatoms. The molecule has 0 bridgehead atoms. The minimum atomic E-state index is 0.111. The lowest BCUT2D eigenvalue weighted by Gasteiger charge is -2.17. The first-order chi connectivity index (χ1) is 10.8. The summed E-state index contributed by atoms with van der Waals surface area (Å²) < 4.78 is 5.91. The van der Waals surface area contributed by atoms with E-state index in [1.54, 1.807) is 0 Å². The summed E-state index contributed by atoms with van der Waals surface area (Å²) in [5, 5.41) is 6.70. The van der Waals surface area contributed by atoms with Gasteiger partial charge in [-0.25, -0.2) is 0 Å². The van der Waals surface area contributed by atoms with Gasteiger partial charge in [0.2, 0.25) is 5.91 Å². The Kier molecular flexibility index (Phi) is 4.73. The molecule has 0 spiro atoms. The van der Waals surface area contributed by atoms with Crippen LogP contribution >= 0.6 is 0 Å². The SMILES string of the molecule is O=C(CCCc1cn[nH]c1)N1CCC(Oc2ccccc2)C1. The zero-order valence-electron chi connectivity index (χ0n) is 12.6.